The first-order valence-electron chi connectivity index (χ1n) is 9.01. The van der Waals surface area contributed by atoms with E-state index < -0.39 is 10.0 Å². The second-order valence-electron chi connectivity index (χ2n) is 6.72. The molecule has 0 aromatic heterocycles. The SMILES string of the molecule is Cc1ccc(S(=O)(=O)N(CC(=O)N2CCCCC2)c2ccccc2Cl)cc1. The van der Waals surface area contributed by atoms with E-state index in [1.54, 1.807) is 53.4 Å². The van der Waals surface area contributed by atoms with Gasteiger partial charge in [-0.3, -0.25) is 9.10 Å². The lowest BCUT2D eigenvalue weighted by Crippen LogP contribution is -2.45. The van der Waals surface area contributed by atoms with E-state index in [0.717, 1.165) is 29.1 Å². The van der Waals surface area contributed by atoms with Crippen LogP contribution in [-0.2, 0) is 14.8 Å². The van der Waals surface area contributed by atoms with Crippen molar-refractivity contribution in [3.8, 4) is 0 Å². The van der Waals surface area contributed by atoms with Crippen molar-refractivity contribution in [3.05, 3.63) is 59.1 Å². The summed E-state index contributed by atoms with van der Waals surface area (Å²) in [6.45, 7) is 2.96. The molecule has 1 heterocycles. The van der Waals surface area contributed by atoms with Crippen LogP contribution in [0.2, 0.25) is 5.02 Å². The fourth-order valence-corrected chi connectivity index (χ4v) is 4.88. The number of halogens is 1. The van der Waals surface area contributed by atoms with Gasteiger partial charge in [-0.1, -0.05) is 41.4 Å². The number of anilines is 1. The number of nitrogens with zero attached hydrogens (tertiary/aromatic N) is 2. The second kappa shape index (κ2) is 8.31. The Bertz CT molecular complexity index is 907. The first kappa shape index (κ1) is 19.7. The Morgan fingerprint density at radius 2 is 1.67 bits per heavy atom. The highest BCUT2D eigenvalue weighted by Gasteiger charge is 2.30. The van der Waals surface area contributed by atoms with Crippen LogP contribution in [0.4, 0.5) is 5.69 Å². The van der Waals surface area contributed by atoms with E-state index in [1.165, 1.54) is 0 Å². The van der Waals surface area contributed by atoms with Gasteiger partial charge in [-0.05, 0) is 50.5 Å². The monoisotopic (exact) mass is 406 g/mol. The Hall–Kier alpha value is -2.05. The summed E-state index contributed by atoms with van der Waals surface area (Å²) >= 11 is 6.28. The van der Waals surface area contributed by atoms with Gasteiger partial charge in [0.05, 0.1) is 15.6 Å². The van der Waals surface area contributed by atoms with E-state index in [2.05, 4.69) is 0 Å². The van der Waals surface area contributed by atoms with Gasteiger partial charge in [0.15, 0.2) is 0 Å². The average molecular weight is 407 g/mol. The number of aryl methyl sites for hydroxylation is 1. The Kier molecular flexibility index (Phi) is 6.07. The molecule has 27 heavy (non-hydrogen) atoms. The molecular weight excluding hydrogens is 384 g/mol. The number of para-hydroxylation sites is 1. The third-order valence-electron chi connectivity index (χ3n) is 4.72. The van der Waals surface area contributed by atoms with Crippen molar-refractivity contribution < 1.29 is 13.2 Å². The van der Waals surface area contributed by atoms with Crippen molar-refractivity contribution in [2.45, 2.75) is 31.1 Å². The first-order valence-corrected chi connectivity index (χ1v) is 10.8. The maximum Gasteiger partial charge on any atom is 0.264 e. The van der Waals surface area contributed by atoms with E-state index in [-0.39, 0.29) is 17.3 Å². The largest absolute Gasteiger partial charge is 0.341 e. The van der Waals surface area contributed by atoms with E-state index in [9.17, 15) is 13.2 Å². The van der Waals surface area contributed by atoms with E-state index >= 15 is 0 Å². The van der Waals surface area contributed by atoms with Crippen molar-refractivity contribution in [2.75, 3.05) is 23.9 Å². The van der Waals surface area contributed by atoms with Gasteiger partial charge in [0.25, 0.3) is 10.0 Å². The van der Waals surface area contributed by atoms with Gasteiger partial charge in [-0.25, -0.2) is 8.42 Å². The molecular formula is C20H23ClN2O3S. The summed E-state index contributed by atoms with van der Waals surface area (Å²) in [5, 5.41) is 0.291. The van der Waals surface area contributed by atoms with Gasteiger partial charge in [0.1, 0.15) is 6.54 Å². The zero-order valence-corrected chi connectivity index (χ0v) is 16.8. The van der Waals surface area contributed by atoms with Crippen molar-refractivity contribution in [1.29, 1.82) is 0 Å². The number of amides is 1. The molecule has 0 N–H and O–H groups in total. The van der Waals surface area contributed by atoms with Crippen molar-refractivity contribution in [3.63, 3.8) is 0 Å². The number of hydrogen-bond donors (Lipinski definition) is 0. The Morgan fingerprint density at radius 1 is 1.04 bits per heavy atom. The van der Waals surface area contributed by atoms with Crippen LogP contribution in [-0.4, -0.2) is 38.9 Å². The number of piperidine rings is 1. The van der Waals surface area contributed by atoms with Crippen LogP contribution in [0.5, 0.6) is 0 Å². The number of hydrogen-bond acceptors (Lipinski definition) is 3. The Labute approximate surface area is 165 Å². The zero-order chi connectivity index (χ0) is 19.4. The van der Waals surface area contributed by atoms with Gasteiger partial charge < -0.3 is 4.90 Å². The topological polar surface area (TPSA) is 57.7 Å². The highest BCUT2D eigenvalue weighted by atomic mass is 35.5. The number of likely N-dealkylation sites (tertiary alicyclic amines) is 1. The van der Waals surface area contributed by atoms with Gasteiger partial charge >= 0.3 is 0 Å². The molecule has 1 amide bonds. The summed E-state index contributed by atoms with van der Waals surface area (Å²) < 4.78 is 27.7. The minimum atomic E-state index is -3.93. The van der Waals surface area contributed by atoms with Gasteiger partial charge in [0.2, 0.25) is 5.91 Å². The molecule has 0 radical (unpaired) electrons. The summed E-state index contributed by atoms with van der Waals surface area (Å²) in [6.07, 6.45) is 2.99. The van der Waals surface area contributed by atoms with Crippen LogP contribution in [0.15, 0.2) is 53.4 Å². The minimum Gasteiger partial charge on any atom is -0.341 e. The van der Waals surface area contributed by atoms with E-state index in [1.807, 2.05) is 6.92 Å². The Balaban J connectivity index is 1.98. The highest BCUT2D eigenvalue weighted by Crippen LogP contribution is 2.30. The van der Waals surface area contributed by atoms with Crippen LogP contribution in [0, 0.1) is 6.92 Å². The molecule has 2 aromatic rings. The smallest absolute Gasteiger partial charge is 0.264 e. The number of carbonyl (C=O) groups excluding carboxylic acids is 1. The van der Waals surface area contributed by atoms with Crippen molar-refractivity contribution in [2.24, 2.45) is 0 Å². The lowest BCUT2D eigenvalue weighted by Gasteiger charge is -2.31. The molecule has 1 saturated heterocycles. The van der Waals surface area contributed by atoms with Gasteiger partial charge in [-0.2, -0.15) is 0 Å². The van der Waals surface area contributed by atoms with Crippen LogP contribution in [0.25, 0.3) is 0 Å². The molecule has 3 rings (SSSR count). The predicted octanol–water partition coefficient (Wildman–Crippen LogP) is 3.86. The fourth-order valence-electron chi connectivity index (χ4n) is 3.16. The molecule has 0 aliphatic carbocycles. The lowest BCUT2D eigenvalue weighted by molar-refractivity contribution is -0.130. The summed E-state index contributed by atoms with van der Waals surface area (Å²) in [6, 6.07) is 13.3. The molecule has 0 saturated carbocycles. The molecule has 1 aliphatic rings. The van der Waals surface area contributed by atoms with Gasteiger partial charge in [0, 0.05) is 13.1 Å². The normalized spacial score (nSPS) is 14.8. The number of rotatable bonds is 5. The molecule has 5 nitrogen and oxygen atoms in total. The summed E-state index contributed by atoms with van der Waals surface area (Å²) in [5.74, 6) is -0.203. The fraction of sp³-hybridized carbons (Fsp3) is 0.350. The standard InChI is InChI=1S/C20H23ClN2O3S/c1-16-9-11-17(12-10-16)27(25,26)23(19-8-4-3-7-18(19)21)15-20(24)22-13-5-2-6-14-22/h3-4,7-12H,2,5-6,13-15H2,1H3. The van der Waals surface area contributed by atoms with Crippen molar-refractivity contribution in [1.82, 2.24) is 4.90 Å². The average Bonchev–Trinajstić information content (AvgIpc) is 2.67. The Morgan fingerprint density at radius 3 is 2.30 bits per heavy atom. The van der Waals surface area contributed by atoms with Gasteiger partial charge in [-0.15, -0.1) is 0 Å². The maximum absolute atomic E-state index is 13.3. The molecule has 144 valence electrons. The third kappa shape index (κ3) is 4.45. The summed E-state index contributed by atoms with van der Waals surface area (Å²) in [7, 11) is -3.93. The van der Waals surface area contributed by atoms with E-state index in [4.69, 9.17) is 11.6 Å². The molecule has 1 fully saturated rings. The maximum atomic E-state index is 13.3. The number of benzene rings is 2. The van der Waals surface area contributed by atoms with Crippen LogP contribution >= 0.6 is 11.6 Å². The molecule has 1 aliphatic heterocycles. The van der Waals surface area contributed by atoms with Crippen molar-refractivity contribution >= 4 is 33.2 Å². The third-order valence-corrected chi connectivity index (χ3v) is 6.81. The number of sulfonamides is 1. The van der Waals surface area contributed by atoms with E-state index in [0.29, 0.717) is 23.8 Å². The summed E-state index contributed by atoms with van der Waals surface area (Å²) in [5.41, 5.74) is 1.27. The molecule has 0 atom stereocenters. The predicted molar refractivity (Wildman–Crippen MR) is 108 cm³/mol. The molecule has 7 heteroatoms. The molecule has 2 aromatic carbocycles. The van der Waals surface area contributed by atoms with Crippen LogP contribution in [0.1, 0.15) is 24.8 Å². The lowest BCUT2D eigenvalue weighted by atomic mass is 10.1. The van der Waals surface area contributed by atoms with Crippen LogP contribution in [0.3, 0.4) is 0 Å². The number of carbonyl (C=O) groups is 1. The van der Waals surface area contributed by atoms with Crippen LogP contribution < -0.4 is 4.31 Å². The minimum absolute atomic E-state index is 0.138. The summed E-state index contributed by atoms with van der Waals surface area (Å²) in [4.78, 5) is 14.7. The molecule has 0 bridgehead atoms. The quantitative estimate of drug-likeness (QED) is 0.757. The second-order valence-corrected chi connectivity index (χ2v) is 8.99. The molecule has 0 unspecified atom stereocenters. The molecule has 0 spiro atoms. The first-order chi connectivity index (χ1) is 12.9. The highest BCUT2D eigenvalue weighted by molar-refractivity contribution is 7.92. The zero-order valence-electron chi connectivity index (χ0n) is 15.3.